The standard InChI is InChI=1S/C25H28N2O6/c1-2-15(11-23(28)29)26-24(30)21-12-32-14-22(21)27-25(31)33-13-20-18-9-5-3-7-16(18)17-8-4-6-10-19(17)20/h3-10,15,20-22H,2,11-14H2,1H3,(H,26,30)(H,27,31)(H,28,29)/t15-,21?,22?/m1/s1. The molecule has 0 saturated carbocycles. The van der Waals surface area contributed by atoms with Crippen LogP contribution in [0.5, 0.6) is 0 Å². The van der Waals surface area contributed by atoms with E-state index in [1.807, 2.05) is 43.3 Å². The fourth-order valence-corrected chi connectivity index (χ4v) is 4.56. The number of nitrogens with one attached hydrogen (secondary N) is 2. The third-order valence-corrected chi connectivity index (χ3v) is 6.32. The summed E-state index contributed by atoms with van der Waals surface area (Å²) in [5.74, 6) is -1.96. The normalized spacial score (nSPS) is 19.9. The maximum Gasteiger partial charge on any atom is 0.407 e. The predicted molar refractivity (Wildman–Crippen MR) is 121 cm³/mol. The number of carboxylic acids is 1. The Bertz CT molecular complexity index is 994. The molecule has 2 aromatic rings. The lowest BCUT2D eigenvalue weighted by molar-refractivity contribution is -0.137. The average Bonchev–Trinajstić information content (AvgIpc) is 3.39. The molecule has 4 rings (SSSR count). The largest absolute Gasteiger partial charge is 0.481 e. The first kappa shape index (κ1) is 22.8. The highest BCUT2D eigenvalue weighted by Crippen LogP contribution is 2.44. The monoisotopic (exact) mass is 452 g/mol. The van der Waals surface area contributed by atoms with Crippen LogP contribution in [0.15, 0.2) is 48.5 Å². The van der Waals surface area contributed by atoms with Gasteiger partial charge in [0.05, 0.1) is 31.6 Å². The fourth-order valence-electron chi connectivity index (χ4n) is 4.56. The van der Waals surface area contributed by atoms with Gasteiger partial charge in [0, 0.05) is 12.0 Å². The second-order valence-corrected chi connectivity index (χ2v) is 8.43. The SMILES string of the molecule is CC[C@H](CC(=O)O)NC(=O)C1COCC1NC(=O)OCC1c2ccccc2-c2ccccc21. The van der Waals surface area contributed by atoms with Crippen LogP contribution in [0.3, 0.4) is 0 Å². The number of aliphatic carboxylic acids is 1. The van der Waals surface area contributed by atoms with E-state index in [0.717, 1.165) is 22.3 Å². The second-order valence-electron chi connectivity index (χ2n) is 8.43. The summed E-state index contributed by atoms with van der Waals surface area (Å²) in [6.07, 6.45) is -0.265. The van der Waals surface area contributed by atoms with E-state index in [2.05, 4.69) is 22.8 Å². The van der Waals surface area contributed by atoms with Crippen LogP contribution < -0.4 is 10.6 Å². The van der Waals surface area contributed by atoms with E-state index < -0.39 is 30.1 Å². The van der Waals surface area contributed by atoms with Gasteiger partial charge in [0.2, 0.25) is 5.91 Å². The van der Waals surface area contributed by atoms with E-state index in [0.29, 0.717) is 6.42 Å². The molecule has 0 radical (unpaired) electrons. The van der Waals surface area contributed by atoms with Gasteiger partial charge in [0.1, 0.15) is 6.61 Å². The lowest BCUT2D eigenvalue weighted by atomic mass is 9.98. The summed E-state index contributed by atoms with van der Waals surface area (Å²) in [6, 6.07) is 15.2. The molecule has 2 unspecified atom stereocenters. The van der Waals surface area contributed by atoms with Crippen molar-refractivity contribution in [3.8, 4) is 11.1 Å². The Morgan fingerprint density at radius 1 is 1.06 bits per heavy atom. The highest BCUT2D eigenvalue weighted by molar-refractivity contribution is 5.82. The molecule has 1 aliphatic carbocycles. The van der Waals surface area contributed by atoms with Crippen LogP contribution in [0.4, 0.5) is 4.79 Å². The molecule has 1 heterocycles. The maximum atomic E-state index is 12.7. The molecule has 0 bridgehead atoms. The fraction of sp³-hybridized carbons (Fsp3) is 0.400. The van der Waals surface area contributed by atoms with Crippen molar-refractivity contribution in [3.63, 3.8) is 0 Å². The van der Waals surface area contributed by atoms with Crippen LogP contribution in [0.25, 0.3) is 11.1 Å². The zero-order chi connectivity index (χ0) is 23.4. The van der Waals surface area contributed by atoms with Gasteiger partial charge >= 0.3 is 12.1 Å². The lowest BCUT2D eigenvalue weighted by Gasteiger charge is -2.22. The Hall–Kier alpha value is -3.39. The highest BCUT2D eigenvalue weighted by atomic mass is 16.5. The van der Waals surface area contributed by atoms with Crippen molar-refractivity contribution in [2.75, 3.05) is 19.8 Å². The molecule has 2 amide bonds. The van der Waals surface area contributed by atoms with Crippen LogP contribution in [0.1, 0.15) is 36.8 Å². The average molecular weight is 453 g/mol. The number of benzene rings is 2. The summed E-state index contributed by atoms with van der Waals surface area (Å²) in [6.45, 7) is 2.34. The number of hydrogen-bond donors (Lipinski definition) is 3. The van der Waals surface area contributed by atoms with Crippen molar-refractivity contribution in [2.45, 2.75) is 37.8 Å². The Balaban J connectivity index is 1.35. The lowest BCUT2D eigenvalue weighted by Crippen LogP contribution is -2.48. The van der Waals surface area contributed by atoms with Crippen molar-refractivity contribution >= 4 is 18.0 Å². The second kappa shape index (κ2) is 10.0. The van der Waals surface area contributed by atoms with Gasteiger partial charge in [-0.25, -0.2) is 4.79 Å². The zero-order valence-electron chi connectivity index (χ0n) is 18.5. The van der Waals surface area contributed by atoms with Gasteiger partial charge in [0.15, 0.2) is 0 Å². The van der Waals surface area contributed by atoms with E-state index in [-0.39, 0.29) is 38.1 Å². The summed E-state index contributed by atoms with van der Waals surface area (Å²) < 4.78 is 11.0. The number of amides is 2. The Morgan fingerprint density at radius 3 is 2.30 bits per heavy atom. The molecule has 1 saturated heterocycles. The number of carbonyl (C=O) groups is 3. The number of carboxylic acid groups (broad SMARTS) is 1. The third-order valence-electron chi connectivity index (χ3n) is 6.32. The van der Waals surface area contributed by atoms with E-state index in [1.165, 1.54) is 0 Å². The highest BCUT2D eigenvalue weighted by Gasteiger charge is 2.37. The molecule has 0 aromatic heterocycles. The molecule has 33 heavy (non-hydrogen) atoms. The van der Waals surface area contributed by atoms with Gasteiger partial charge < -0.3 is 25.2 Å². The van der Waals surface area contributed by atoms with Crippen LogP contribution in [0, 0.1) is 5.92 Å². The number of carbonyl (C=O) groups excluding carboxylic acids is 2. The van der Waals surface area contributed by atoms with Crippen LogP contribution >= 0.6 is 0 Å². The zero-order valence-corrected chi connectivity index (χ0v) is 18.5. The molecule has 8 nitrogen and oxygen atoms in total. The van der Waals surface area contributed by atoms with Crippen molar-refractivity contribution in [1.29, 1.82) is 0 Å². The Kier molecular flexibility index (Phi) is 6.93. The quantitative estimate of drug-likeness (QED) is 0.568. The molecule has 0 spiro atoms. The van der Waals surface area contributed by atoms with Crippen molar-refractivity contribution in [1.82, 2.24) is 10.6 Å². The molecule has 174 valence electrons. The maximum absolute atomic E-state index is 12.7. The molecule has 1 aliphatic heterocycles. The molecule has 1 fully saturated rings. The molecular weight excluding hydrogens is 424 g/mol. The third kappa shape index (κ3) is 5.01. The van der Waals surface area contributed by atoms with Crippen molar-refractivity contribution in [2.24, 2.45) is 5.92 Å². The molecule has 3 atom stereocenters. The van der Waals surface area contributed by atoms with E-state index >= 15 is 0 Å². The van der Waals surface area contributed by atoms with Gasteiger partial charge in [-0.2, -0.15) is 0 Å². The molecular formula is C25H28N2O6. The number of hydrogen-bond acceptors (Lipinski definition) is 5. The molecule has 2 aromatic carbocycles. The van der Waals surface area contributed by atoms with Gasteiger partial charge in [0.25, 0.3) is 0 Å². The van der Waals surface area contributed by atoms with Gasteiger partial charge in [-0.3, -0.25) is 9.59 Å². The minimum absolute atomic E-state index is 0.0524. The number of ether oxygens (including phenoxy) is 2. The molecule has 2 aliphatic rings. The van der Waals surface area contributed by atoms with Gasteiger partial charge in [-0.05, 0) is 28.7 Å². The first-order valence-electron chi connectivity index (χ1n) is 11.2. The number of alkyl carbamates (subject to hydrolysis) is 1. The van der Waals surface area contributed by atoms with Crippen LogP contribution in [-0.4, -0.2) is 55.0 Å². The summed E-state index contributed by atoms with van der Waals surface area (Å²) in [5.41, 5.74) is 4.54. The number of rotatable bonds is 8. The van der Waals surface area contributed by atoms with Crippen LogP contribution in [0.2, 0.25) is 0 Å². The Morgan fingerprint density at radius 2 is 1.70 bits per heavy atom. The topological polar surface area (TPSA) is 114 Å². The van der Waals surface area contributed by atoms with Gasteiger partial charge in [-0.15, -0.1) is 0 Å². The summed E-state index contributed by atoms with van der Waals surface area (Å²) in [5, 5.41) is 14.5. The summed E-state index contributed by atoms with van der Waals surface area (Å²) in [4.78, 5) is 36.2. The summed E-state index contributed by atoms with van der Waals surface area (Å²) >= 11 is 0. The van der Waals surface area contributed by atoms with E-state index in [1.54, 1.807) is 0 Å². The number of fused-ring (bicyclic) bond motifs is 3. The summed E-state index contributed by atoms with van der Waals surface area (Å²) in [7, 11) is 0. The molecule has 8 heteroatoms. The van der Waals surface area contributed by atoms with E-state index in [9.17, 15) is 14.4 Å². The minimum atomic E-state index is -0.974. The smallest absolute Gasteiger partial charge is 0.407 e. The predicted octanol–water partition coefficient (Wildman–Crippen LogP) is 2.91. The van der Waals surface area contributed by atoms with Crippen molar-refractivity contribution in [3.05, 3.63) is 59.7 Å². The van der Waals surface area contributed by atoms with E-state index in [4.69, 9.17) is 14.6 Å². The minimum Gasteiger partial charge on any atom is -0.481 e. The van der Waals surface area contributed by atoms with Gasteiger partial charge in [-0.1, -0.05) is 55.5 Å². The van der Waals surface area contributed by atoms with Crippen LogP contribution in [-0.2, 0) is 19.1 Å². The first-order valence-corrected chi connectivity index (χ1v) is 11.2. The first-order chi connectivity index (χ1) is 16.0. The molecule has 3 N–H and O–H groups in total. The van der Waals surface area contributed by atoms with Crippen molar-refractivity contribution < 1.29 is 29.0 Å². The Labute approximate surface area is 192 Å².